The van der Waals surface area contributed by atoms with Gasteiger partial charge in [-0.3, -0.25) is 0 Å². The fourth-order valence-electron chi connectivity index (χ4n) is 0.623. The summed E-state index contributed by atoms with van der Waals surface area (Å²) in [5.41, 5.74) is 5.21. The molecule has 0 aliphatic carbocycles. The van der Waals surface area contributed by atoms with Crippen molar-refractivity contribution in [3.8, 4) is 0 Å². The number of nitrogens with two attached hydrogens (primary N) is 1. The maximum absolute atomic E-state index is 11.8. The molecule has 1 aromatic heterocycles. The van der Waals surface area contributed by atoms with Crippen molar-refractivity contribution in [2.24, 2.45) is 5.73 Å². The molecule has 0 saturated heterocycles. The third-order valence-electron chi connectivity index (χ3n) is 1.03. The van der Waals surface area contributed by atoms with Crippen LogP contribution < -0.4 is 5.73 Å². The molecule has 0 amide bonds. The van der Waals surface area contributed by atoms with Crippen molar-refractivity contribution in [3.05, 3.63) is 0 Å². The quantitative estimate of drug-likeness (QED) is 0.682. The van der Waals surface area contributed by atoms with Crippen molar-refractivity contribution in [2.45, 2.75) is 17.5 Å². The van der Waals surface area contributed by atoms with E-state index in [1.807, 2.05) is 0 Å². The Morgan fingerprint density at radius 2 is 2.33 bits per heavy atom. The number of tetrazole rings is 1. The summed E-state index contributed by atoms with van der Waals surface area (Å²) in [4.78, 5) is 0. The third kappa shape index (κ3) is 2.38. The monoisotopic (exact) mass is 195 g/mol. The SMILES string of the molecule is NCCn1nnnc1SC(F)F. The Labute approximate surface area is 71.3 Å². The predicted octanol–water partition coefficient (Wildman–Crippen LogP) is -0.0535. The summed E-state index contributed by atoms with van der Waals surface area (Å²) < 4.78 is 24.9. The van der Waals surface area contributed by atoms with E-state index in [1.54, 1.807) is 0 Å². The second kappa shape index (κ2) is 4.31. The number of thioether (sulfide) groups is 1. The van der Waals surface area contributed by atoms with E-state index >= 15 is 0 Å². The Kier molecular flexibility index (Phi) is 3.35. The van der Waals surface area contributed by atoms with E-state index in [0.717, 1.165) is 0 Å². The molecule has 0 radical (unpaired) electrons. The first-order chi connectivity index (χ1) is 5.74. The second-order valence-corrected chi connectivity index (χ2v) is 2.81. The lowest BCUT2D eigenvalue weighted by molar-refractivity contribution is 0.251. The zero-order valence-electron chi connectivity index (χ0n) is 6.02. The van der Waals surface area contributed by atoms with Crippen molar-refractivity contribution < 1.29 is 8.78 Å². The van der Waals surface area contributed by atoms with Crippen LogP contribution in [0.1, 0.15) is 0 Å². The maximum Gasteiger partial charge on any atom is 0.291 e. The number of rotatable bonds is 4. The number of nitrogens with zero attached hydrogens (tertiary/aromatic N) is 4. The van der Waals surface area contributed by atoms with Gasteiger partial charge in [0.2, 0.25) is 5.16 Å². The smallest absolute Gasteiger partial charge is 0.291 e. The summed E-state index contributed by atoms with van der Waals surface area (Å²) >= 11 is 0.310. The number of alkyl halides is 2. The molecule has 0 fully saturated rings. The zero-order chi connectivity index (χ0) is 8.97. The van der Waals surface area contributed by atoms with Crippen LogP contribution in [0.4, 0.5) is 8.78 Å². The molecule has 1 rings (SSSR count). The van der Waals surface area contributed by atoms with Crippen LogP contribution in [0.3, 0.4) is 0 Å². The van der Waals surface area contributed by atoms with Crippen molar-refractivity contribution in [1.29, 1.82) is 0 Å². The normalized spacial score (nSPS) is 11.0. The van der Waals surface area contributed by atoms with Crippen molar-refractivity contribution in [3.63, 3.8) is 0 Å². The van der Waals surface area contributed by atoms with Gasteiger partial charge in [-0.05, 0) is 22.2 Å². The van der Waals surface area contributed by atoms with Gasteiger partial charge in [0, 0.05) is 6.54 Å². The van der Waals surface area contributed by atoms with Crippen LogP contribution in [-0.2, 0) is 6.54 Å². The van der Waals surface area contributed by atoms with Crippen molar-refractivity contribution >= 4 is 11.8 Å². The minimum absolute atomic E-state index is 0.0930. The number of aromatic nitrogens is 4. The molecule has 0 spiro atoms. The Morgan fingerprint density at radius 3 is 2.92 bits per heavy atom. The van der Waals surface area contributed by atoms with Gasteiger partial charge >= 0.3 is 0 Å². The molecule has 2 N–H and O–H groups in total. The average molecular weight is 195 g/mol. The fourth-order valence-corrected chi connectivity index (χ4v) is 1.12. The molecule has 5 nitrogen and oxygen atoms in total. The topological polar surface area (TPSA) is 69.6 Å². The largest absolute Gasteiger partial charge is 0.329 e. The van der Waals surface area contributed by atoms with Gasteiger partial charge in [0.15, 0.2) is 0 Å². The van der Waals surface area contributed by atoms with E-state index in [0.29, 0.717) is 24.9 Å². The first-order valence-corrected chi connectivity index (χ1v) is 4.03. The van der Waals surface area contributed by atoms with Crippen LogP contribution in [0.15, 0.2) is 5.16 Å². The Bertz CT molecular complexity index is 239. The lowest BCUT2D eigenvalue weighted by atomic mass is 10.7. The maximum atomic E-state index is 11.8. The summed E-state index contributed by atoms with van der Waals surface area (Å²) in [6.07, 6.45) is 0. The number of hydrogen-bond acceptors (Lipinski definition) is 5. The summed E-state index contributed by atoms with van der Waals surface area (Å²) in [7, 11) is 0. The standard InChI is InChI=1S/C4H7F2N5S/c5-3(6)12-4-8-9-10-11(4)2-1-7/h3H,1-2,7H2. The minimum Gasteiger partial charge on any atom is -0.329 e. The van der Waals surface area contributed by atoms with Crippen LogP contribution in [0.25, 0.3) is 0 Å². The van der Waals surface area contributed by atoms with Crippen LogP contribution in [-0.4, -0.2) is 32.5 Å². The summed E-state index contributed by atoms with van der Waals surface area (Å²) in [5.74, 6) is -2.51. The fraction of sp³-hybridized carbons (Fsp3) is 0.750. The summed E-state index contributed by atoms with van der Waals surface area (Å²) in [5, 5.41) is 10.2. The number of hydrogen-bond donors (Lipinski definition) is 1. The molecule has 0 aliphatic rings. The molecule has 0 bridgehead atoms. The van der Waals surface area contributed by atoms with E-state index in [-0.39, 0.29) is 5.16 Å². The zero-order valence-corrected chi connectivity index (χ0v) is 6.84. The lowest BCUT2D eigenvalue weighted by Gasteiger charge is -1.99. The molecule has 8 heteroatoms. The second-order valence-electron chi connectivity index (χ2n) is 1.85. The molecule has 0 aliphatic heterocycles. The molecule has 68 valence electrons. The van der Waals surface area contributed by atoms with Gasteiger partial charge in [0.1, 0.15) is 0 Å². The molecule has 0 aromatic carbocycles. The molecule has 1 aromatic rings. The van der Waals surface area contributed by atoms with E-state index in [1.165, 1.54) is 4.68 Å². The highest BCUT2D eigenvalue weighted by Gasteiger charge is 2.12. The summed E-state index contributed by atoms with van der Waals surface area (Å²) in [6.45, 7) is 0.671. The highest BCUT2D eigenvalue weighted by molar-refractivity contribution is 7.99. The van der Waals surface area contributed by atoms with E-state index in [4.69, 9.17) is 5.73 Å². The lowest BCUT2D eigenvalue weighted by Crippen LogP contribution is -2.12. The Hall–Kier alpha value is -0.760. The van der Waals surface area contributed by atoms with Gasteiger partial charge in [0.25, 0.3) is 5.76 Å². The summed E-state index contributed by atoms with van der Waals surface area (Å²) in [6, 6.07) is 0. The van der Waals surface area contributed by atoms with Gasteiger partial charge in [0.05, 0.1) is 6.54 Å². The van der Waals surface area contributed by atoms with Crippen molar-refractivity contribution in [1.82, 2.24) is 20.2 Å². The minimum atomic E-state index is -2.51. The number of halogens is 2. The van der Waals surface area contributed by atoms with Crippen LogP contribution in [0, 0.1) is 0 Å². The average Bonchev–Trinajstić information content (AvgIpc) is 2.37. The molecule has 1 heterocycles. The van der Waals surface area contributed by atoms with Gasteiger partial charge in [-0.25, -0.2) is 4.68 Å². The van der Waals surface area contributed by atoms with Crippen LogP contribution in [0.5, 0.6) is 0 Å². The molecule has 0 saturated carbocycles. The molecule has 0 atom stereocenters. The first kappa shape index (κ1) is 9.33. The highest BCUT2D eigenvalue weighted by Crippen LogP contribution is 2.21. The van der Waals surface area contributed by atoms with E-state index < -0.39 is 5.76 Å². The van der Waals surface area contributed by atoms with Gasteiger partial charge in [-0.2, -0.15) is 8.78 Å². The molecular formula is C4H7F2N5S. The van der Waals surface area contributed by atoms with E-state index in [9.17, 15) is 8.78 Å². The van der Waals surface area contributed by atoms with Gasteiger partial charge in [-0.1, -0.05) is 0 Å². The predicted molar refractivity (Wildman–Crippen MR) is 38.7 cm³/mol. The molecular weight excluding hydrogens is 188 g/mol. The van der Waals surface area contributed by atoms with Crippen LogP contribution in [0.2, 0.25) is 0 Å². The van der Waals surface area contributed by atoms with Gasteiger partial charge < -0.3 is 5.73 Å². The third-order valence-corrected chi connectivity index (χ3v) is 1.72. The Balaban J connectivity index is 2.63. The van der Waals surface area contributed by atoms with E-state index in [2.05, 4.69) is 15.5 Å². The van der Waals surface area contributed by atoms with Crippen LogP contribution >= 0.6 is 11.8 Å². The highest BCUT2D eigenvalue weighted by atomic mass is 32.2. The molecule has 12 heavy (non-hydrogen) atoms. The van der Waals surface area contributed by atoms with Gasteiger partial charge in [-0.15, -0.1) is 5.10 Å². The first-order valence-electron chi connectivity index (χ1n) is 3.15. The molecule has 0 unspecified atom stereocenters. The van der Waals surface area contributed by atoms with Crippen molar-refractivity contribution in [2.75, 3.05) is 6.54 Å². The Morgan fingerprint density at radius 1 is 1.58 bits per heavy atom.